The number of hydrogen-bond donors (Lipinski definition) is 1. The third kappa shape index (κ3) is 20.2. The molecule has 44 heavy (non-hydrogen) atoms. The summed E-state index contributed by atoms with van der Waals surface area (Å²) in [5.41, 5.74) is 5.69. The topological polar surface area (TPSA) is 80.5 Å². The zero-order chi connectivity index (χ0) is 32.1. The molecule has 2 unspecified atom stereocenters. The molecular formula is C39H70N2O3. The van der Waals surface area contributed by atoms with Crippen molar-refractivity contribution in [2.75, 3.05) is 0 Å². The van der Waals surface area contributed by atoms with Crippen LogP contribution in [0.3, 0.4) is 0 Å². The summed E-state index contributed by atoms with van der Waals surface area (Å²) in [6.07, 6.45) is 40.2. The third-order valence-electron chi connectivity index (χ3n) is 9.34. The van der Waals surface area contributed by atoms with Crippen LogP contribution in [0.1, 0.15) is 194 Å². The van der Waals surface area contributed by atoms with Crippen molar-refractivity contribution in [3.8, 4) is 0 Å². The molecule has 0 aromatic heterocycles. The Kier molecular flexibility index (Phi) is 26.0. The number of urea groups is 1. The van der Waals surface area contributed by atoms with E-state index >= 15 is 0 Å². The van der Waals surface area contributed by atoms with Crippen LogP contribution in [0.25, 0.3) is 0 Å². The Morgan fingerprint density at radius 1 is 0.568 bits per heavy atom. The Morgan fingerprint density at radius 2 is 0.909 bits per heavy atom. The van der Waals surface area contributed by atoms with Gasteiger partial charge in [-0.1, -0.05) is 141 Å². The van der Waals surface area contributed by atoms with E-state index in [1.807, 2.05) is 0 Å². The lowest BCUT2D eigenvalue weighted by Gasteiger charge is -2.26. The SMILES string of the molecule is CCCCCC/C=C\CCCCCCC1CCCCCCC(CCCCCC/C=C\CCCCCC)C(=O)N(C(N)=O)C1=O. The maximum absolute atomic E-state index is 13.6. The molecule has 0 spiro atoms. The molecule has 1 saturated heterocycles. The van der Waals surface area contributed by atoms with Crippen molar-refractivity contribution in [1.29, 1.82) is 0 Å². The predicted octanol–water partition coefficient (Wildman–Crippen LogP) is 11.7. The van der Waals surface area contributed by atoms with Gasteiger partial charge in [-0.25, -0.2) is 9.69 Å². The van der Waals surface area contributed by atoms with Crippen LogP contribution >= 0.6 is 0 Å². The number of hydrogen-bond acceptors (Lipinski definition) is 3. The summed E-state index contributed by atoms with van der Waals surface area (Å²) >= 11 is 0. The Bertz CT molecular complexity index is 732. The molecule has 1 fully saturated rings. The molecule has 2 atom stereocenters. The first-order chi connectivity index (χ1) is 21.5. The van der Waals surface area contributed by atoms with E-state index in [0.29, 0.717) is 0 Å². The van der Waals surface area contributed by atoms with Gasteiger partial charge in [0.2, 0.25) is 11.8 Å². The van der Waals surface area contributed by atoms with Gasteiger partial charge in [-0.2, -0.15) is 0 Å². The maximum atomic E-state index is 13.6. The monoisotopic (exact) mass is 615 g/mol. The number of nitrogens with two attached hydrogens (primary N) is 1. The highest BCUT2D eigenvalue weighted by Crippen LogP contribution is 2.27. The summed E-state index contributed by atoms with van der Waals surface area (Å²) in [5, 5.41) is 0. The first-order valence-corrected chi connectivity index (χ1v) is 19.0. The standard InChI is InChI=1S/C39H70N2O3/c1-3-5-7-9-11-13-15-17-19-21-23-27-31-35-33-29-25-26-30-34-36(38(43)41(37(35)42)39(40)44)32-28-24-22-20-18-16-14-12-10-8-6-4-2/h13-16,35-36H,3-12,17-34H2,1-2H3,(H2,40,44)/b15-13-,16-14-. The van der Waals surface area contributed by atoms with Gasteiger partial charge in [0.15, 0.2) is 0 Å². The molecular weight excluding hydrogens is 544 g/mol. The fraction of sp³-hybridized carbons (Fsp3) is 0.821. The molecule has 0 aromatic carbocycles. The third-order valence-corrected chi connectivity index (χ3v) is 9.34. The average molecular weight is 615 g/mol. The molecule has 5 nitrogen and oxygen atoms in total. The summed E-state index contributed by atoms with van der Waals surface area (Å²) < 4.78 is 0. The van der Waals surface area contributed by atoms with Gasteiger partial charge in [-0.3, -0.25) is 9.59 Å². The number of primary amides is 1. The summed E-state index contributed by atoms with van der Waals surface area (Å²) in [4.78, 5) is 40.4. The Balaban J connectivity index is 2.47. The molecule has 4 amide bonds. The van der Waals surface area contributed by atoms with Crippen molar-refractivity contribution < 1.29 is 14.4 Å². The minimum Gasteiger partial charge on any atom is -0.351 e. The van der Waals surface area contributed by atoms with E-state index in [-0.39, 0.29) is 23.7 Å². The Hall–Kier alpha value is -1.91. The van der Waals surface area contributed by atoms with Gasteiger partial charge < -0.3 is 5.73 Å². The van der Waals surface area contributed by atoms with E-state index in [0.717, 1.165) is 108 Å². The second-order valence-electron chi connectivity index (χ2n) is 13.4. The van der Waals surface area contributed by atoms with Crippen LogP contribution < -0.4 is 5.73 Å². The number of carbonyl (C=O) groups is 3. The Morgan fingerprint density at radius 3 is 1.25 bits per heavy atom. The molecule has 1 aliphatic rings. The van der Waals surface area contributed by atoms with Gasteiger partial charge >= 0.3 is 6.03 Å². The number of amides is 4. The molecule has 5 heteroatoms. The largest absolute Gasteiger partial charge is 0.351 e. The van der Waals surface area contributed by atoms with E-state index in [1.54, 1.807) is 0 Å². The van der Waals surface area contributed by atoms with Crippen molar-refractivity contribution in [2.24, 2.45) is 17.6 Å². The quantitative estimate of drug-likeness (QED) is 0.0667. The van der Waals surface area contributed by atoms with Gasteiger partial charge in [0, 0.05) is 11.8 Å². The van der Waals surface area contributed by atoms with E-state index in [2.05, 4.69) is 38.2 Å². The van der Waals surface area contributed by atoms with Crippen LogP contribution in [0.2, 0.25) is 0 Å². The first kappa shape index (κ1) is 40.1. The second kappa shape index (κ2) is 28.6. The molecule has 0 bridgehead atoms. The van der Waals surface area contributed by atoms with Gasteiger partial charge in [-0.15, -0.1) is 0 Å². The lowest BCUT2D eigenvalue weighted by molar-refractivity contribution is -0.146. The lowest BCUT2D eigenvalue weighted by atomic mass is 9.92. The van der Waals surface area contributed by atoms with Gasteiger partial charge in [-0.05, 0) is 77.0 Å². The Labute approximate surface area is 272 Å². The highest BCUT2D eigenvalue weighted by Gasteiger charge is 2.36. The van der Waals surface area contributed by atoms with Crippen molar-refractivity contribution in [3.05, 3.63) is 24.3 Å². The fourth-order valence-electron chi connectivity index (χ4n) is 6.47. The first-order valence-electron chi connectivity index (χ1n) is 19.0. The average Bonchev–Trinajstić information content (AvgIpc) is 3.03. The van der Waals surface area contributed by atoms with Crippen LogP contribution in [0.4, 0.5) is 4.79 Å². The lowest BCUT2D eigenvalue weighted by Crippen LogP contribution is -2.50. The van der Waals surface area contributed by atoms with Crippen molar-refractivity contribution in [3.63, 3.8) is 0 Å². The van der Waals surface area contributed by atoms with E-state index in [1.165, 1.54) is 77.0 Å². The zero-order valence-corrected chi connectivity index (χ0v) is 29.0. The number of allylic oxidation sites excluding steroid dienone is 4. The fourth-order valence-corrected chi connectivity index (χ4v) is 6.47. The molecule has 0 radical (unpaired) electrons. The van der Waals surface area contributed by atoms with Crippen LogP contribution in [0.5, 0.6) is 0 Å². The predicted molar refractivity (Wildman–Crippen MR) is 187 cm³/mol. The summed E-state index contributed by atoms with van der Waals surface area (Å²) in [5.74, 6) is -1.26. The number of nitrogens with zero attached hydrogens (tertiary/aromatic N) is 1. The van der Waals surface area contributed by atoms with Crippen molar-refractivity contribution in [1.82, 2.24) is 4.90 Å². The highest BCUT2D eigenvalue weighted by molar-refractivity contribution is 6.11. The number of unbranched alkanes of at least 4 members (excludes halogenated alkanes) is 16. The smallest absolute Gasteiger partial charge is 0.328 e. The zero-order valence-electron chi connectivity index (χ0n) is 29.0. The summed E-state index contributed by atoms with van der Waals surface area (Å²) in [6, 6.07) is -0.891. The second-order valence-corrected chi connectivity index (χ2v) is 13.4. The summed E-state index contributed by atoms with van der Waals surface area (Å²) in [7, 11) is 0. The van der Waals surface area contributed by atoms with E-state index < -0.39 is 6.03 Å². The van der Waals surface area contributed by atoms with Gasteiger partial charge in [0.1, 0.15) is 0 Å². The van der Waals surface area contributed by atoms with Crippen LogP contribution in [-0.4, -0.2) is 22.7 Å². The molecule has 254 valence electrons. The van der Waals surface area contributed by atoms with Crippen molar-refractivity contribution >= 4 is 17.8 Å². The van der Waals surface area contributed by atoms with E-state index in [9.17, 15) is 14.4 Å². The van der Waals surface area contributed by atoms with Gasteiger partial charge in [0.25, 0.3) is 0 Å². The summed E-state index contributed by atoms with van der Waals surface area (Å²) in [6.45, 7) is 4.49. The highest BCUT2D eigenvalue weighted by atomic mass is 16.2. The molecule has 2 N–H and O–H groups in total. The number of rotatable bonds is 24. The molecule has 1 rings (SSSR count). The molecule has 0 aliphatic carbocycles. The van der Waals surface area contributed by atoms with E-state index in [4.69, 9.17) is 5.73 Å². The van der Waals surface area contributed by atoms with Crippen molar-refractivity contribution in [2.45, 2.75) is 194 Å². The number of imide groups is 3. The maximum Gasteiger partial charge on any atom is 0.328 e. The minimum absolute atomic E-state index is 0.284. The molecule has 0 aromatic rings. The van der Waals surface area contributed by atoms with Crippen LogP contribution in [-0.2, 0) is 9.59 Å². The van der Waals surface area contributed by atoms with Crippen LogP contribution in [0.15, 0.2) is 24.3 Å². The number of carbonyl (C=O) groups excluding carboxylic acids is 3. The van der Waals surface area contributed by atoms with Crippen LogP contribution in [0, 0.1) is 11.8 Å². The minimum atomic E-state index is -0.891. The molecule has 0 saturated carbocycles. The normalized spacial score (nSPS) is 18.8. The van der Waals surface area contributed by atoms with Gasteiger partial charge in [0.05, 0.1) is 0 Å². The molecule has 1 aliphatic heterocycles. The molecule has 1 heterocycles.